The van der Waals surface area contributed by atoms with Crippen molar-refractivity contribution < 1.29 is 24.5 Å². The Kier molecular flexibility index (Phi) is 8.06. The highest BCUT2D eigenvalue weighted by Crippen LogP contribution is 1.97. The minimum atomic E-state index is -1.31. The van der Waals surface area contributed by atoms with Crippen molar-refractivity contribution in [1.29, 1.82) is 0 Å². The number of nitrogens with one attached hydrogen (secondary N) is 1. The Morgan fingerprint density at radius 1 is 1.39 bits per heavy atom. The number of carbonyl (C=O) groups is 2. The fraction of sp³-hybridized carbons (Fsp3) is 0.818. The van der Waals surface area contributed by atoms with Gasteiger partial charge in [-0.3, -0.25) is 0 Å². The van der Waals surface area contributed by atoms with E-state index < -0.39 is 24.1 Å². The van der Waals surface area contributed by atoms with Gasteiger partial charge in [0.05, 0.1) is 12.7 Å². The Morgan fingerprint density at radius 3 is 2.39 bits per heavy atom. The van der Waals surface area contributed by atoms with Crippen molar-refractivity contribution in [2.24, 2.45) is 0 Å². The molecule has 0 fully saturated rings. The molecular weight excluding hydrogens is 240 g/mol. The predicted molar refractivity (Wildman–Crippen MR) is 65.4 cm³/mol. The maximum Gasteiger partial charge on any atom is 0.328 e. The summed E-state index contributed by atoms with van der Waals surface area (Å²) in [5, 5.41) is 20.4. The molecule has 0 aromatic rings. The maximum atomic E-state index is 11.8. The van der Waals surface area contributed by atoms with E-state index in [1.807, 2.05) is 6.92 Å². The van der Waals surface area contributed by atoms with Crippen molar-refractivity contribution in [3.05, 3.63) is 0 Å². The summed E-state index contributed by atoms with van der Waals surface area (Å²) >= 11 is 0. The smallest absolute Gasteiger partial charge is 0.328 e. The number of aliphatic hydroxyl groups is 1. The summed E-state index contributed by atoms with van der Waals surface area (Å²) in [5.74, 6) is -1.26. The van der Waals surface area contributed by atoms with Gasteiger partial charge in [-0.2, -0.15) is 0 Å². The van der Waals surface area contributed by atoms with Crippen LogP contribution in [0.5, 0.6) is 0 Å². The first-order valence-corrected chi connectivity index (χ1v) is 5.98. The number of aliphatic carboxylic acids is 1. The molecule has 7 nitrogen and oxygen atoms in total. The van der Waals surface area contributed by atoms with Gasteiger partial charge in [-0.1, -0.05) is 0 Å². The van der Waals surface area contributed by atoms with Gasteiger partial charge in [0.2, 0.25) is 0 Å². The number of aliphatic hydroxyl groups excluding tert-OH is 1. The van der Waals surface area contributed by atoms with Crippen LogP contribution in [0, 0.1) is 0 Å². The van der Waals surface area contributed by atoms with Gasteiger partial charge in [0.25, 0.3) is 0 Å². The molecule has 106 valence electrons. The van der Waals surface area contributed by atoms with Crippen molar-refractivity contribution in [1.82, 2.24) is 10.2 Å². The zero-order valence-electron chi connectivity index (χ0n) is 11.0. The number of amides is 2. The van der Waals surface area contributed by atoms with Crippen LogP contribution >= 0.6 is 0 Å². The third-order valence-electron chi connectivity index (χ3n) is 2.41. The number of hydrogen-bond acceptors (Lipinski definition) is 4. The van der Waals surface area contributed by atoms with E-state index in [-0.39, 0.29) is 0 Å². The molecule has 0 bridgehead atoms. The average Bonchev–Trinajstić information content (AvgIpc) is 2.30. The van der Waals surface area contributed by atoms with E-state index in [4.69, 9.17) is 9.84 Å². The lowest BCUT2D eigenvalue weighted by molar-refractivity contribution is -0.141. The highest BCUT2D eigenvalue weighted by molar-refractivity contribution is 5.83. The second-order valence-electron chi connectivity index (χ2n) is 3.78. The summed E-state index contributed by atoms with van der Waals surface area (Å²) in [6, 6.07) is -1.83. The lowest BCUT2D eigenvalue weighted by atomic mass is 10.2. The van der Waals surface area contributed by atoms with Gasteiger partial charge in [-0.15, -0.1) is 0 Å². The van der Waals surface area contributed by atoms with E-state index in [0.29, 0.717) is 26.3 Å². The molecule has 0 unspecified atom stereocenters. The first kappa shape index (κ1) is 16.7. The van der Waals surface area contributed by atoms with Crippen molar-refractivity contribution >= 4 is 12.0 Å². The van der Waals surface area contributed by atoms with Crippen LogP contribution in [0.3, 0.4) is 0 Å². The van der Waals surface area contributed by atoms with E-state index in [9.17, 15) is 14.7 Å². The zero-order chi connectivity index (χ0) is 14.1. The van der Waals surface area contributed by atoms with Crippen molar-refractivity contribution in [3.8, 4) is 0 Å². The Labute approximate surface area is 107 Å². The molecule has 0 saturated heterocycles. The van der Waals surface area contributed by atoms with Crippen LogP contribution < -0.4 is 5.32 Å². The van der Waals surface area contributed by atoms with Gasteiger partial charge in [-0.25, -0.2) is 9.59 Å². The van der Waals surface area contributed by atoms with Gasteiger partial charge >= 0.3 is 12.0 Å². The molecule has 0 heterocycles. The van der Waals surface area contributed by atoms with Crippen LogP contribution in [0.15, 0.2) is 0 Å². The molecule has 0 aliphatic carbocycles. The van der Waals surface area contributed by atoms with E-state index in [2.05, 4.69) is 5.32 Å². The minimum Gasteiger partial charge on any atom is -0.480 e. The quantitative estimate of drug-likeness (QED) is 0.530. The summed E-state index contributed by atoms with van der Waals surface area (Å²) in [7, 11) is 0. The van der Waals surface area contributed by atoms with Crippen molar-refractivity contribution in [2.45, 2.75) is 32.9 Å². The Morgan fingerprint density at radius 2 is 2.00 bits per heavy atom. The van der Waals surface area contributed by atoms with Gasteiger partial charge in [0, 0.05) is 19.7 Å². The Hall–Kier alpha value is -1.34. The molecule has 7 heteroatoms. The first-order valence-electron chi connectivity index (χ1n) is 5.98. The van der Waals surface area contributed by atoms with Crippen LogP contribution in [0.2, 0.25) is 0 Å². The molecular formula is C11H22N2O5. The molecule has 0 aliphatic rings. The SMILES string of the molecule is CCOCCN(CC)C(=O)N[C@H](C(=O)O)[C@@H](C)O. The van der Waals surface area contributed by atoms with Gasteiger partial charge in [0.1, 0.15) is 0 Å². The lowest BCUT2D eigenvalue weighted by Crippen LogP contribution is -2.52. The van der Waals surface area contributed by atoms with Gasteiger partial charge in [-0.05, 0) is 20.8 Å². The van der Waals surface area contributed by atoms with Crippen LogP contribution in [-0.2, 0) is 9.53 Å². The van der Waals surface area contributed by atoms with Crippen LogP contribution in [0.25, 0.3) is 0 Å². The molecule has 0 spiro atoms. The van der Waals surface area contributed by atoms with Gasteiger partial charge in [0.15, 0.2) is 6.04 Å². The molecule has 0 aliphatic heterocycles. The van der Waals surface area contributed by atoms with E-state index >= 15 is 0 Å². The number of nitrogens with zero attached hydrogens (tertiary/aromatic N) is 1. The fourth-order valence-corrected chi connectivity index (χ4v) is 1.34. The van der Waals surface area contributed by atoms with Crippen LogP contribution in [0.1, 0.15) is 20.8 Å². The first-order chi connectivity index (χ1) is 8.43. The largest absolute Gasteiger partial charge is 0.480 e. The topological polar surface area (TPSA) is 99.1 Å². The van der Waals surface area contributed by atoms with Crippen LogP contribution in [0.4, 0.5) is 4.79 Å². The zero-order valence-corrected chi connectivity index (χ0v) is 11.0. The molecule has 0 saturated carbocycles. The van der Waals surface area contributed by atoms with E-state index in [1.54, 1.807) is 6.92 Å². The standard InChI is InChI=1S/C11H22N2O5/c1-4-13(6-7-18-5-2)11(17)12-9(8(3)14)10(15)16/h8-9,14H,4-7H2,1-3H3,(H,12,17)(H,15,16)/t8-,9+/m1/s1. The average molecular weight is 262 g/mol. The minimum absolute atomic E-state index is 0.377. The number of carboxylic acid groups (broad SMARTS) is 1. The Bertz CT molecular complexity index is 270. The summed E-state index contributed by atoms with van der Waals surface area (Å²) in [4.78, 5) is 24.0. The fourth-order valence-electron chi connectivity index (χ4n) is 1.34. The summed E-state index contributed by atoms with van der Waals surface area (Å²) in [6.45, 7) is 6.71. The maximum absolute atomic E-state index is 11.8. The Balaban J connectivity index is 4.36. The molecule has 0 rings (SSSR count). The molecule has 2 atom stereocenters. The molecule has 0 aromatic heterocycles. The monoisotopic (exact) mass is 262 g/mol. The normalized spacial score (nSPS) is 13.8. The third-order valence-corrected chi connectivity index (χ3v) is 2.41. The number of urea groups is 1. The number of carbonyl (C=O) groups excluding carboxylic acids is 1. The van der Waals surface area contributed by atoms with Crippen LogP contribution in [-0.4, -0.2) is 65.6 Å². The molecule has 2 amide bonds. The number of carboxylic acids is 1. The van der Waals surface area contributed by atoms with E-state index in [1.165, 1.54) is 11.8 Å². The van der Waals surface area contributed by atoms with Gasteiger partial charge < -0.3 is 25.2 Å². The molecule has 18 heavy (non-hydrogen) atoms. The second kappa shape index (κ2) is 8.71. The van der Waals surface area contributed by atoms with Crippen molar-refractivity contribution in [2.75, 3.05) is 26.3 Å². The summed E-state index contributed by atoms with van der Waals surface area (Å²) < 4.78 is 5.13. The number of rotatable bonds is 8. The highest BCUT2D eigenvalue weighted by Gasteiger charge is 2.26. The second-order valence-corrected chi connectivity index (χ2v) is 3.78. The number of likely N-dealkylation sites (N-methyl/N-ethyl adjacent to an activating group) is 1. The summed E-state index contributed by atoms with van der Waals surface area (Å²) in [5.41, 5.74) is 0. The van der Waals surface area contributed by atoms with Crippen molar-refractivity contribution in [3.63, 3.8) is 0 Å². The molecule has 0 radical (unpaired) electrons. The molecule has 0 aromatic carbocycles. The number of hydrogen-bond donors (Lipinski definition) is 3. The third kappa shape index (κ3) is 5.83. The highest BCUT2D eigenvalue weighted by atomic mass is 16.5. The molecule has 3 N–H and O–H groups in total. The summed E-state index contributed by atoms with van der Waals surface area (Å²) in [6.07, 6.45) is -1.16. The van der Waals surface area contributed by atoms with E-state index in [0.717, 1.165) is 0 Å². The lowest BCUT2D eigenvalue weighted by Gasteiger charge is -2.24. The number of ether oxygens (including phenoxy) is 1. The predicted octanol–water partition coefficient (Wildman–Crippen LogP) is -0.112.